The van der Waals surface area contributed by atoms with Crippen LogP contribution in [0.25, 0.3) is 0 Å². The number of hydrogen-bond acceptors (Lipinski definition) is 7. The summed E-state index contributed by atoms with van der Waals surface area (Å²) in [5.74, 6) is -0.479. The van der Waals surface area contributed by atoms with E-state index in [1.165, 1.54) is 6.20 Å². The molecule has 2 aromatic rings. The highest BCUT2D eigenvalue weighted by Gasteiger charge is 2.35. The summed E-state index contributed by atoms with van der Waals surface area (Å²) in [6.07, 6.45) is -6.24. The van der Waals surface area contributed by atoms with Crippen molar-refractivity contribution < 1.29 is 35.9 Å². The molecule has 180 valence electrons. The molecule has 3 rings (SSSR count). The molecule has 7 nitrogen and oxygen atoms in total. The van der Waals surface area contributed by atoms with Crippen molar-refractivity contribution in [3.63, 3.8) is 0 Å². The fourth-order valence-corrected chi connectivity index (χ4v) is 3.35. The van der Waals surface area contributed by atoms with Crippen LogP contribution in [0.3, 0.4) is 0 Å². The molecular formula is C20H21F6N5O2. The number of piperazine rings is 1. The van der Waals surface area contributed by atoms with Crippen molar-refractivity contribution in [1.82, 2.24) is 19.9 Å². The molecular weight excluding hydrogens is 456 g/mol. The third-order valence-electron chi connectivity index (χ3n) is 5.12. The highest BCUT2D eigenvalue weighted by atomic mass is 19.4. The number of ether oxygens (including phenoxy) is 1. The van der Waals surface area contributed by atoms with E-state index < -0.39 is 29.4 Å². The lowest BCUT2D eigenvalue weighted by molar-refractivity contribution is -0.139. The van der Waals surface area contributed by atoms with Crippen LogP contribution in [0, 0.1) is 0 Å². The van der Waals surface area contributed by atoms with E-state index >= 15 is 0 Å². The first-order valence-electron chi connectivity index (χ1n) is 9.95. The smallest absolute Gasteiger partial charge is 0.421 e. The molecule has 3 heterocycles. The van der Waals surface area contributed by atoms with Gasteiger partial charge in [0, 0.05) is 51.2 Å². The summed E-state index contributed by atoms with van der Waals surface area (Å²) in [4.78, 5) is 27.1. The van der Waals surface area contributed by atoms with Crippen molar-refractivity contribution in [3.8, 4) is 5.88 Å². The lowest BCUT2D eigenvalue weighted by Crippen LogP contribution is -2.48. The van der Waals surface area contributed by atoms with Gasteiger partial charge < -0.3 is 9.64 Å². The van der Waals surface area contributed by atoms with Crippen LogP contribution in [0.2, 0.25) is 0 Å². The third kappa shape index (κ3) is 6.53. The van der Waals surface area contributed by atoms with E-state index in [1.807, 2.05) is 4.90 Å². The number of carbonyl (C=O) groups excluding carboxylic acids is 1. The minimum atomic E-state index is -4.62. The molecule has 0 radical (unpaired) electrons. The van der Waals surface area contributed by atoms with Crippen LogP contribution in [0.4, 0.5) is 32.3 Å². The van der Waals surface area contributed by atoms with E-state index in [0.717, 1.165) is 25.6 Å². The van der Waals surface area contributed by atoms with Crippen LogP contribution in [0.1, 0.15) is 23.1 Å². The van der Waals surface area contributed by atoms with Crippen LogP contribution in [0.15, 0.2) is 24.7 Å². The van der Waals surface area contributed by atoms with Gasteiger partial charge in [-0.2, -0.15) is 26.3 Å². The molecule has 0 bridgehead atoms. The van der Waals surface area contributed by atoms with Gasteiger partial charge in [-0.15, -0.1) is 0 Å². The van der Waals surface area contributed by atoms with Gasteiger partial charge in [-0.25, -0.2) is 15.0 Å². The number of rotatable bonds is 7. The largest absolute Gasteiger partial charge is 0.481 e. The van der Waals surface area contributed by atoms with Crippen molar-refractivity contribution >= 4 is 11.7 Å². The lowest BCUT2D eigenvalue weighted by atomic mass is 10.1. The number of nitrogens with zero attached hydrogens (tertiary/aromatic N) is 5. The van der Waals surface area contributed by atoms with E-state index in [4.69, 9.17) is 0 Å². The Hall–Kier alpha value is -2.96. The molecule has 1 saturated heterocycles. The van der Waals surface area contributed by atoms with Crippen LogP contribution in [-0.4, -0.2) is 65.5 Å². The molecule has 0 saturated carbocycles. The molecule has 0 aliphatic carbocycles. The van der Waals surface area contributed by atoms with Crippen molar-refractivity contribution in [2.24, 2.45) is 0 Å². The maximum atomic E-state index is 13.1. The number of Topliss-reactive ketones (excluding diaryl/α,β-unsaturated/α-hetero) is 1. The molecule has 0 N–H and O–H groups in total. The normalized spacial score (nSPS) is 15.5. The number of pyridine rings is 1. The second kappa shape index (κ2) is 9.89. The molecule has 1 fully saturated rings. The minimum absolute atomic E-state index is 0.0491. The number of hydrogen-bond donors (Lipinski definition) is 0. The zero-order valence-electron chi connectivity index (χ0n) is 17.6. The Labute approximate surface area is 185 Å². The van der Waals surface area contributed by atoms with Gasteiger partial charge >= 0.3 is 12.4 Å². The van der Waals surface area contributed by atoms with E-state index in [2.05, 4.69) is 19.7 Å². The third-order valence-corrected chi connectivity index (χ3v) is 5.12. The summed E-state index contributed by atoms with van der Waals surface area (Å²) in [6.45, 7) is 1.92. The molecule has 2 aromatic heterocycles. The fraction of sp³-hybridized carbons (Fsp3) is 0.500. The molecule has 0 atom stereocenters. The van der Waals surface area contributed by atoms with Crippen LogP contribution in [0.5, 0.6) is 5.88 Å². The molecule has 33 heavy (non-hydrogen) atoms. The maximum Gasteiger partial charge on any atom is 0.421 e. The van der Waals surface area contributed by atoms with Gasteiger partial charge in [-0.3, -0.25) is 9.69 Å². The summed E-state index contributed by atoms with van der Waals surface area (Å²) >= 11 is 0. The van der Waals surface area contributed by atoms with Crippen LogP contribution in [-0.2, 0) is 23.6 Å². The SMILES string of the molecule is COc1ncc(CCC(=O)CN2CCN(c3ncc(C(F)(F)F)cn3)CC2)cc1C(F)(F)F. The monoisotopic (exact) mass is 477 g/mol. The number of aromatic nitrogens is 3. The Bertz CT molecular complexity index is 957. The summed E-state index contributed by atoms with van der Waals surface area (Å²) < 4.78 is 81.8. The second-order valence-electron chi connectivity index (χ2n) is 7.47. The molecule has 0 unspecified atom stereocenters. The first-order chi connectivity index (χ1) is 15.5. The van der Waals surface area contributed by atoms with Gasteiger partial charge in [0.2, 0.25) is 11.8 Å². The Morgan fingerprint density at radius 3 is 2.15 bits per heavy atom. The average molecular weight is 477 g/mol. The minimum Gasteiger partial charge on any atom is -0.481 e. The highest BCUT2D eigenvalue weighted by molar-refractivity contribution is 5.80. The Balaban J connectivity index is 1.48. The number of anilines is 1. The molecule has 0 spiro atoms. The van der Waals surface area contributed by atoms with Gasteiger partial charge in [0.25, 0.3) is 0 Å². The van der Waals surface area contributed by atoms with Gasteiger partial charge in [-0.05, 0) is 18.1 Å². The van der Waals surface area contributed by atoms with Gasteiger partial charge in [0.05, 0.1) is 19.2 Å². The van der Waals surface area contributed by atoms with Crippen LogP contribution < -0.4 is 9.64 Å². The van der Waals surface area contributed by atoms with Gasteiger partial charge in [0.1, 0.15) is 11.3 Å². The highest BCUT2D eigenvalue weighted by Crippen LogP contribution is 2.35. The molecule has 0 amide bonds. The number of alkyl halides is 6. The first kappa shape index (κ1) is 24.7. The predicted molar refractivity (Wildman–Crippen MR) is 105 cm³/mol. The summed E-state index contributed by atoms with van der Waals surface area (Å²) in [7, 11) is 1.10. The van der Waals surface area contributed by atoms with Crippen molar-refractivity contribution in [1.29, 1.82) is 0 Å². The quantitative estimate of drug-likeness (QED) is 0.567. The average Bonchev–Trinajstić information content (AvgIpc) is 2.77. The molecule has 1 aliphatic rings. The van der Waals surface area contributed by atoms with Crippen molar-refractivity contribution in [3.05, 3.63) is 41.3 Å². The summed E-state index contributed by atoms with van der Waals surface area (Å²) in [5, 5.41) is 0. The molecule has 13 heteroatoms. The Morgan fingerprint density at radius 1 is 0.970 bits per heavy atom. The summed E-state index contributed by atoms with van der Waals surface area (Å²) in [5.41, 5.74) is -1.64. The van der Waals surface area contributed by atoms with Crippen molar-refractivity contribution in [2.45, 2.75) is 25.2 Å². The zero-order valence-corrected chi connectivity index (χ0v) is 17.6. The molecule has 1 aliphatic heterocycles. The maximum absolute atomic E-state index is 13.1. The van der Waals surface area contributed by atoms with E-state index in [0.29, 0.717) is 26.2 Å². The first-order valence-corrected chi connectivity index (χ1v) is 9.95. The number of ketones is 1. The zero-order chi connectivity index (χ0) is 24.2. The Kier molecular flexibility index (Phi) is 7.40. The van der Waals surface area contributed by atoms with Crippen LogP contribution >= 0.6 is 0 Å². The van der Waals surface area contributed by atoms with E-state index in [-0.39, 0.29) is 36.7 Å². The van der Waals surface area contributed by atoms with Gasteiger partial charge in [-0.1, -0.05) is 0 Å². The Morgan fingerprint density at radius 2 is 1.61 bits per heavy atom. The summed E-state index contributed by atoms with van der Waals surface area (Å²) in [6, 6.07) is 0.932. The standard InChI is InChI=1S/C20H21F6N5O2/c1-33-17-16(20(24,25)26)8-13(9-27-17)2-3-15(32)12-30-4-6-31(7-5-30)18-28-10-14(11-29-18)19(21,22)23/h8-11H,2-7,12H2,1H3. The number of methoxy groups -OCH3 is 1. The number of aryl methyl sites for hydroxylation is 1. The van der Waals surface area contributed by atoms with Crippen molar-refractivity contribution in [2.75, 3.05) is 44.7 Å². The number of carbonyl (C=O) groups is 1. The predicted octanol–water partition coefficient (Wildman–Crippen LogP) is 3.24. The van der Waals surface area contributed by atoms with E-state index in [9.17, 15) is 31.1 Å². The number of halogens is 6. The van der Waals surface area contributed by atoms with E-state index in [1.54, 1.807) is 4.90 Å². The topological polar surface area (TPSA) is 71.5 Å². The fourth-order valence-electron chi connectivity index (χ4n) is 3.35. The molecule has 0 aromatic carbocycles. The van der Waals surface area contributed by atoms with Gasteiger partial charge in [0.15, 0.2) is 0 Å². The lowest BCUT2D eigenvalue weighted by Gasteiger charge is -2.34. The second-order valence-corrected chi connectivity index (χ2v) is 7.47.